The van der Waals surface area contributed by atoms with Crippen molar-refractivity contribution in [3.8, 4) is 5.75 Å². The van der Waals surface area contributed by atoms with Crippen LogP contribution in [0.4, 0.5) is 5.69 Å². The molecule has 0 radical (unpaired) electrons. The Hall–Kier alpha value is -4.33. The van der Waals surface area contributed by atoms with Gasteiger partial charge in [-0.3, -0.25) is 14.9 Å². The van der Waals surface area contributed by atoms with Gasteiger partial charge in [0, 0.05) is 17.7 Å². The molecule has 0 heterocycles. The van der Waals surface area contributed by atoms with Crippen molar-refractivity contribution in [3.63, 3.8) is 0 Å². The van der Waals surface area contributed by atoms with Crippen LogP contribution in [0.5, 0.6) is 5.75 Å². The van der Waals surface area contributed by atoms with E-state index in [9.17, 15) is 19.7 Å². The van der Waals surface area contributed by atoms with E-state index in [0.717, 1.165) is 11.6 Å². The molecule has 8 heteroatoms. The van der Waals surface area contributed by atoms with E-state index >= 15 is 0 Å². The number of carbonyl (C=O) groups excluding carboxylic acids is 2. The summed E-state index contributed by atoms with van der Waals surface area (Å²) in [6.07, 6.45) is 1.46. The summed E-state index contributed by atoms with van der Waals surface area (Å²) < 4.78 is 5.22. The summed E-state index contributed by atoms with van der Waals surface area (Å²) in [4.78, 5) is 34.4. The number of non-ortho nitro benzene ring substituents is 1. The number of nitro groups is 1. The molecule has 3 rings (SSSR count). The van der Waals surface area contributed by atoms with Gasteiger partial charge in [-0.05, 0) is 55.0 Å². The van der Waals surface area contributed by atoms with Crippen LogP contribution in [0.3, 0.4) is 0 Å². The van der Waals surface area contributed by atoms with Gasteiger partial charge in [0.25, 0.3) is 11.6 Å². The fraction of sp³-hybridized carbons (Fsp3) is 0.0455. The van der Waals surface area contributed by atoms with Crippen LogP contribution in [0, 0.1) is 17.0 Å². The van der Waals surface area contributed by atoms with Crippen molar-refractivity contribution in [2.45, 2.75) is 6.92 Å². The predicted octanol–water partition coefficient (Wildman–Crippen LogP) is 3.89. The number of nitrogens with zero attached hydrogens (tertiary/aromatic N) is 2. The first-order valence-electron chi connectivity index (χ1n) is 8.89. The summed E-state index contributed by atoms with van der Waals surface area (Å²) in [6.45, 7) is 1.93. The maximum absolute atomic E-state index is 12.2. The number of ether oxygens (including phenoxy) is 1. The average Bonchev–Trinajstić information content (AvgIpc) is 2.75. The number of hydrogen-bond donors (Lipinski definition) is 1. The summed E-state index contributed by atoms with van der Waals surface area (Å²) in [7, 11) is 0. The van der Waals surface area contributed by atoms with Crippen molar-refractivity contribution in [1.82, 2.24) is 5.43 Å². The first kappa shape index (κ1) is 20.4. The molecule has 1 amide bonds. The fourth-order valence-electron chi connectivity index (χ4n) is 2.47. The van der Waals surface area contributed by atoms with E-state index in [2.05, 4.69) is 10.5 Å². The van der Waals surface area contributed by atoms with Gasteiger partial charge in [-0.1, -0.05) is 23.8 Å². The largest absolute Gasteiger partial charge is 0.423 e. The Morgan fingerprint density at radius 1 is 1.00 bits per heavy atom. The normalized spacial score (nSPS) is 10.6. The van der Waals surface area contributed by atoms with Gasteiger partial charge in [0.1, 0.15) is 5.75 Å². The van der Waals surface area contributed by atoms with Crippen molar-refractivity contribution < 1.29 is 19.2 Å². The number of benzene rings is 3. The molecule has 0 aliphatic heterocycles. The highest BCUT2D eigenvalue weighted by molar-refractivity contribution is 5.95. The molecular formula is C22H17N3O5. The highest BCUT2D eigenvalue weighted by Crippen LogP contribution is 2.17. The first-order valence-corrected chi connectivity index (χ1v) is 8.89. The Morgan fingerprint density at radius 2 is 1.70 bits per heavy atom. The second-order valence-electron chi connectivity index (χ2n) is 6.33. The molecule has 3 aromatic carbocycles. The van der Waals surface area contributed by atoms with E-state index in [1.807, 2.05) is 19.1 Å². The van der Waals surface area contributed by atoms with Gasteiger partial charge in [-0.25, -0.2) is 10.2 Å². The van der Waals surface area contributed by atoms with Crippen LogP contribution in [0.1, 0.15) is 31.8 Å². The first-order chi connectivity index (χ1) is 14.4. The Balaban J connectivity index is 1.58. The summed E-state index contributed by atoms with van der Waals surface area (Å²) in [5, 5.41) is 14.7. The summed E-state index contributed by atoms with van der Waals surface area (Å²) in [5.74, 6) is -0.758. The van der Waals surface area contributed by atoms with Crippen LogP contribution >= 0.6 is 0 Å². The molecular weight excluding hydrogens is 386 g/mol. The molecule has 1 N–H and O–H groups in total. The van der Waals surface area contributed by atoms with Crippen LogP contribution < -0.4 is 10.2 Å². The third-order valence-corrected chi connectivity index (χ3v) is 4.08. The lowest BCUT2D eigenvalue weighted by Crippen LogP contribution is -2.17. The van der Waals surface area contributed by atoms with Gasteiger partial charge in [0.05, 0.1) is 16.7 Å². The molecule has 0 atom stereocenters. The number of nitro benzene ring substituents is 1. The smallest absolute Gasteiger partial charge is 0.343 e. The number of hydrogen-bond acceptors (Lipinski definition) is 6. The number of esters is 1. The van der Waals surface area contributed by atoms with E-state index < -0.39 is 10.9 Å². The zero-order chi connectivity index (χ0) is 21.5. The molecule has 0 aliphatic carbocycles. The summed E-state index contributed by atoms with van der Waals surface area (Å²) >= 11 is 0. The van der Waals surface area contributed by atoms with E-state index in [0.29, 0.717) is 11.1 Å². The van der Waals surface area contributed by atoms with Gasteiger partial charge in [-0.2, -0.15) is 5.10 Å². The van der Waals surface area contributed by atoms with E-state index in [-0.39, 0.29) is 22.9 Å². The maximum Gasteiger partial charge on any atom is 0.343 e. The lowest BCUT2D eigenvalue weighted by Gasteiger charge is -2.04. The Morgan fingerprint density at radius 3 is 2.37 bits per heavy atom. The SMILES string of the molecule is Cc1ccc(C(=O)N/N=C\c2ccc(OC(=O)c3cccc([N+](=O)[O-])c3)cc2)cc1. The quantitative estimate of drug-likeness (QED) is 0.221. The molecule has 8 nitrogen and oxygen atoms in total. The van der Waals surface area contributed by atoms with Crippen LogP contribution in [0.2, 0.25) is 0 Å². The molecule has 30 heavy (non-hydrogen) atoms. The minimum absolute atomic E-state index is 0.0775. The average molecular weight is 403 g/mol. The van der Waals surface area contributed by atoms with Crippen LogP contribution in [0.25, 0.3) is 0 Å². The number of carbonyl (C=O) groups is 2. The Bertz CT molecular complexity index is 1110. The van der Waals surface area contributed by atoms with E-state index in [4.69, 9.17) is 4.74 Å². The topological polar surface area (TPSA) is 111 Å². The van der Waals surface area contributed by atoms with Crippen molar-refractivity contribution in [2.24, 2.45) is 5.10 Å². The van der Waals surface area contributed by atoms with Gasteiger partial charge in [-0.15, -0.1) is 0 Å². The number of hydrazone groups is 1. The lowest BCUT2D eigenvalue weighted by molar-refractivity contribution is -0.384. The number of amides is 1. The van der Waals surface area contributed by atoms with Gasteiger partial charge in [0.2, 0.25) is 0 Å². The highest BCUT2D eigenvalue weighted by Gasteiger charge is 2.13. The Kier molecular flexibility index (Phi) is 6.29. The number of aryl methyl sites for hydroxylation is 1. The predicted molar refractivity (Wildman–Crippen MR) is 111 cm³/mol. The molecule has 0 spiro atoms. The van der Waals surface area contributed by atoms with Crippen molar-refractivity contribution in [1.29, 1.82) is 0 Å². The standard InChI is InChI=1S/C22H17N3O5/c1-15-5-9-17(10-6-15)21(26)24-23-14-16-7-11-20(12-8-16)30-22(27)18-3-2-4-19(13-18)25(28)29/h2-14H,1H3,(H,24,26)/b23-14-. The molecule has 0 fully saturated rings. The van der Waals surface area contributed by atoms with Crippen molar-refractivity contribution >= 4 is 23.8 Å². The molecule has 0 unspecified atom stereocenters. The molecule has 0 aromatic heterocycles. The van der Waals surface area contributed by atoms with Crippen LogP contribution in [-0.2, 0) is 0 Å². The van der Waals surface area contributed by atoms with Crippen LogP contribution in [0.15, 0.2) is 77.9 Å². The van der Waals surface area contributed by atoms with E-state index in [1.165, 1.54) is 24.4 Å². The van der Waals surface area contributed by atoms with Gasteiger partial charge < -0.3 is 4.74 Å². The van der Waals surface area contributed by atoms with Crippen molar-refractivity contribution in [3.05, 3.63) is 105 Å². The fourth-order valence-corrected chi connectivity index (χ4v) is 2.47. The highest BCUT2D eigenvalue weighted by atomic mass is 16.6. The second kappa shape index (κ2) is 9.24. The molecule has 150 valence electrons. The third kappa shape index (κ3) is 5.35. The zero-order valence-corrected chi connectivity index (χ0v) is 15.9. The number of nitrogens with one attached hydrogen (secondary N) is 1. The zero-order valence-electron chi connectivity index (χ0n) is 15.9. The monoisotopic (exact) mass is 403 g/mol. The minimum atomic E-state index is -0.703. The molecule has 3 aromatic rings. The third-order valence-electron chi connectivity index (χ3n) is 4.08. The maximum atomic E-state index is 12.2. The minimum Gasteiger partial charge on any atom is -0.423 e. The molecule has 0 saturated carbocycles. The lowest BCUT2D eigenvalue weighted by atomic mass is 10.1. The molecule has 0 aliphatic rings. The van der Waals surface area contributed by atoms with Gasteiger partial charge >= 0.3 is 5.97 Å². The van der Waals surface area contributed by atoms with Crippen LogP contribution in [-0.4, -0.2) is 23.0 Å². The molecule has 0 bridgehead atoms. The van der Waals surface area contributed by atoms with E-state index in [1.54, 1.807) is 36.4 Å². The van der Waals surface area contributed by atoms with Gasteiger partial charge in [0.15, 0.2) is 0 Å². The summed E-state index contributed by atoms with van der Waals surface area (Å²) in [5.41, 5.74) is 4.56. The number of rotatable bonds is 6. The molecule has 0 saturated heterocycles. The second-order valence-corrected chi connectivity index (χ2v) is 6.33. The van der Waals surface area contributed by atoms with Crippen molar-refractivity contribution in [2.75, 3.05) is 0 Å². The summed E-state index contributed by atoms with van der Waals surface area (Å²) in [6, 6.07) is 18.8. The Labute approximate surface area is 172 Å².